The quantitative estimate of drug-likeness (QED) is 0.477. The summed E-state index contributed by atoms with van der Waals surface area (Å²) >= 11 is 0. The van der Waals surface area contributed by atoms with Gasteiger partial charge in [0.2, 0.25) is 0 Å². The molecule has 0 fully saturated rings. The molecule has 1 amide bonds. The number of hydrogen-bond donors (Lipinski definition) is 2. The number of nitrogens with one attached hydrogen (secondary N) is 2. The van der Waals surface area contributed by atoms with Crippen LogP contribution in [0.2, 0.25) is 0 Å². The van der Waals surface area contributed by atoms with Gasteiger partial charge in [0, 0.05) is 6.54 Å². The summed E-state index contributed by atoms with van der Waals surface area (Å²) in [5.41, 5.74) is 1.56. The minimum atomic E-state index is -0.313. The van der Waals surface area contributed by atoms with Crippen molar-refractivity contribution >= 4 is 5.91 Å². The van der Waals surface area contributed by atoms with Crippen LogP contribution in [-0.4, -0.2) is 51.1 Å². The minimum Gasteiger partial charge on any atom is -0.345 e. The molecule has 0 aliphatic rings. The number of carbonyl (C=O) groups excluding carboxylic acids is 1. The van der Waals surface area contributed by atoms with Crippen LogP contribution in [0.1, 0.15) is 21.7 Å². The molecule has 4 rings (SSSR count). The van der Waals surface area contributed by atoms with Crippen LogP contribution in [-0.2, 0) is 19.5 Å². The summed E-state index contributed by atoms with van der Waals surface area (Å²) in [6.07, 6.45) is 5.32. The fourth-order valence-corrected chi connectivity index (χ4v) is 2.64. The van der Waals surface area contributed by atoms with Gasteiger partial charge in [0.1, 0.15) is 18.2 Å². The van der Waals surface area contributed by atoms with Gasteiger partial charge in [-0.2, -0.15) is 9.78 Å². The van der Waals surface area contributed by atoms with Crippen molar-refractivity contribution in [2.75, 3.05) is 0 Å². The van der Waals surface area contributed by atoms with Crippen LogP contribution in [0.25, 0.3) is 5.82 Å². The fraction of sp³-hybridized carbons (Fsp3) is 0.188. The number of H-pyrrole nitrogens is 1. The largest absolute Gasteiger partial charge is 0.345 e. The third-order valence-corrected chi connectivity index (χ3v) is 4.03. The van der Waals surface area contributed by atoms with Gasteiger partial charge in [0.15, 0.2) is 11.6 Å². The van der Waals surface area contributed by atoms with Crippen molar-refractivity contribution in [2.24, 2.45) is 0 Å². The molecule has 2 N–H and O–H groups in total. The Labute approximate surface area is 153 Å². The molecule has 0 aliphatic carbocycles. The average Bonchev–Trinajstić information content (AvgIpc) is 3.46. The van der Waals surface area contributed by atoms with E-state index in [-0.39, 0.29) is 12.5 Å². The maximum absolute atomic E-state index is 12.5. The van der Waals surface area contributed by atoms with E-state index in [1.807, 2.05) is 22.8 Å². The van der Waals surface area contributed by atoms with Gasteiger partial charge in [0.25, 0.3) is 5.91 Å². The summed E-state index contributed by atoms with van der Waals surface area (Å²) in [5.74, 6) is 0.752. The number of rotatable bonds is 7. The molecule has 0 radical (unpaired) electrons. The van der Waals surface area contributed by atoms with Gasteiger partial charge in [-0.1, -0.05) is 30.3 Å². The normalized spacial score (nSPS) is 10.8. The van der Waals surface area contributed by atoms with Crippen LogP contribution in [0.4, 0.5) is 0 Å². The van der Waals surface area contributed by atoms with E-state index in [9.17, 15) is 4.79 Å². The molecule has 11 nitrogen and oxygen atoms in total. The summed E-state index contributed by atoms with van der Waals surface area (Å²) in [4.78, 5) is 12.5. The van der Waals surface area contributed by atoms with Crippen molar-refractivity contribution in [2.45, 2.75) is 19.5 Å². The first-order chi connectivity index (χ1) is 13.3. The zero-order valence-electron chi connectivity index (χ0n) is 14.2. The highest BCUT2D eigenvalue weighted by molar-refractivity contribution is 5.96. The molecule has 136 valence electrons. The third kappa shape index (κ3) is 3.71. The molecule has 3 heterocycles. The van der Waals surface area contributed by atoms with Crippen LogP contribution in [0.15, 0.2) is 49.2 Å². The molecular weight excluding hydrogens is 348 g/mol. The van der Waals surface area contributed by atoms with Crippen molar-refractivity contribution in [3.63, 3.8) is 0 Å². The van der Waals surface area contributed by atoms with Gasteiger partial charge in [-0.15, -0.1) is 15.3 Å². The number of aromatic nitrogens is 9. The molecule has 0 unspecified atom stereocenters. The van der Waals surface area contributed by atoms with E-state index >= 15 is 0 Å². The Morgan fingerprint density at radius 1 is 1.15 bits per heavy atom. The van der Waals surface area contributed by atoms with Gasteiger partial charge in [0.05, 0.1) is 12.7 Å². The zero-order valence-corrected chi connectivity index (χ0v) is 14.2. The zero-order chi connectivity index (χ0) is 18.5. The molecule has 11 heteroatoms. The van der Waals surface area contributed by atoms with E-state index in [1.165, 1.54) is 22.8 Å². The Balaban J connectivity index is 1.39. The number of tetrazole rings is 1. The molecule has 1 aromatic carbocycles. The second-order valence-electron chi connectivity index (χ2n) is 5.75. The molecule has 0 bridgehead atoms. The monoisotopic (exact) mass is 364 g/mol. The lowest BCUT2D eigenvalue weighted by molar-refractivity contribution is 0.0949. The number of aromatic amines is 1. The highest BCUT2D eigenvalue weighted by atomic mass is 16.1. The Morgan fingerprint density at radius 3 is 2.85 bits per heavy atom. The summed E-state index contributed by atoms with van der Waals surface area (Å²) in [7, 11) is 0. The number of hydrogen-bond acceptors (Lipinski definition) is 7. The Kier molecular flexibility index (Phi) is 4.64. The van der Waals surface area contributed by atoms with Crippen LogP contribution in [0.3, 0.4) is 0 Å². The lowest BCUT2D eigenvalue weighted by Crippen LogP contribution is -2.25. The molecule has 0 aliphatic heterocycles. The van der Waals surface area contributed by atoms with Crippen molar-refractivity contribution in [3.05, 3.63) is 66.1 Å². The van der Waals surface area contributed by atoms with Crippen LogP contribution in [0.5, 0.6) is 0 Å². The Morgan fingerprint density at radius 2 is 2.04 bits per heavy atom. The molecule has 27 heavy (non-hydrogen) atoms. The van der Waals surface area contributed by atoms with Gasteiger partial charge >= 0.3 is 0 Å². The van der Waals surface area contributed by atoms with Crippen molar-refractivity contribution in [3.8, 4) is 5.82 Å². The summed E-state index contributed by atoms with van der Waals surface area (Å²) in [6, 6.07) is 10.2. The Hall–Kier alpha value is -3.89. The first kappa shape index (κ1) is 16.6. The smallest absolute Gasteiger partial charge is 0.257 e. The van der Waals surface area contributed by atoms with Crippen molar-refractivity contribution in [1.29, 1.82) is 0 Å². The molecule has 0 saturated heterocycles. The molecule has 0 atom stereocenters. The second-order valence-corrected chi connectivity index (χ2v) is 5.75. The van der Waals surface area contributed by atoms with Crippen molar-refractivity contribution in [1.82, 2.24) is 50.5 Å². The predicted octanol–water partition coefficient (Wildman–Crippen LogP) is 0.150. The Bertz CT molecular complexity index is 1000. The maximum atomic E-state index is 12.5. The van der Waals surface area contributed by atoms with E-state index in [0.717, 1.165) is 13.0 Å². The highest BCUT2D eigenvalue weighted by Gasteiger charge is 2.17. The summed E-state index contributed by atoms with van der Waals surface area (Å²) < 4.78 is 3.26. The second kappa shape index (κ2) is 7.56. The first-order valence-corrected chi connectivity index (χ1v) is 8.27. The highest BCUT2D eigenvalue weighted by Crippen LogP contribution is 2.09. The lowest BCUT2D eigenvalue weighted by Gasteiger charge is -2.08. The van der Waals surface area contributed by atoms with E-state index < -0.39 is 0 Å². The number of amides is 1. The SMILES string of the molecule is O=C(NCc1nncn1CCc1ccccc1)c1cn[nH]c1-n1cnnn1. The average molecular weight is 364 g/mol. The number of benzene rings is 1. The van der Waals surface area contributed by atoms with Crippen LogP contribution in [0, 0.1) is 0 Å². The fourth-order valence-electron chi connectivity index (χ4n) is 2.64. The minimum absolute atomic E-state index is 0.244. The molecule has 4 aromatic rings. The maximum Gasteiger partial charge on any atom is 0.257 e. The van der Waals surface area contributed by atoms with E-state index in [4.69, 9.17) is 0 Å². The number of carbonyl (C=O) groups is 1. The van der Waals surface area contributed by atoms with Gasteiger partial charge in [-0.25, -0.2) is 0 Å². The molecular formula is C16H16N10O. The predicted molar refractivity (Wildman–Crippen MR) is 92.6 cm³/mol. The van der Waals surface area contributed by atoms with Gasteiger partial charge in [-0.3, -0.25) is 9.89 Å². The summed E-state index contributed by atoms with van der Waals surface area (Å²) in [6.45, 7) is 0.970. The number of nitrogens with zero attached hydrogens (tertiary/aromatic N) is 8. The molecule has 0 saturated carbocycles. The first-order valence-electron chi connectivity index (χ1n) is 8.27. The molecule has 0 spiro atoms. The lowest BCUT2D eigenvalue weighted by atomic mass is 10.1. The van der Waals surface area contributed by atoms with Crippen LogP contribution < -0.4 is 5.32 Å². The third-order valence-electron chi connectivity index (χ3n) is 4.03. The van der Waals surface area contributed by atoms with Gasteiger partial charge < -0.3 is 9.88 Å². The van der Waals surface area contributed by atoms with E-state index in [1.54, 1.807) is 6.33 Å². The van der Waals surface area contributed by atoms with E-state index in [2.05, 4.69) is 53.4 Å². The standard InChI is InChI=1S/C16H16N10O/c27-16(13-8-18-22-15(13)26-11-20-23-24-26)17-9-14-21-19-10-25(14)7-6-12-4-2-1-3-5-12/h1-5,8,10-11H,6-7,9H2,(H,17,27)(H,18,22). The number of aryl methyl sites for hydroxylation is 2. The topological polar surface area (TPSA) is 132 Å². The van der Waals surface area contributed by atoms with E-state index in [0.29, 0.717) is 17.2 Å². The van der Waals surface area contributed by atoms with Crippen LogP contribution >= 0.6 is 0 Å². The summed E-state index contributed by atoms with van der Waals surface area (Å²) in [5, 5.41) is 28.3. The van der Waals surface area contributed by atoms with Gasteiger partial charge in [-0.05, 0) is 22.4 Å². The molecule has 3 aromatic heterocycles. The van der Waals surface area contributed by atoms with Crippen molar-refractivity contribution < 1.29 is 4.79 Å².